The van der Waals surface area contributed by atoms with Crippen molar-refractivity contribution < 1.29 is 23.3 Å². The molecule has 4 N–H and O–H groups in total. The van der Waals surface area contributed by atoms with Gasteiger partial charge >= 0.3 is 0 Å². The molecule has 1 saturated carbocycles. The molecule has 12 heteroatoms. The number of pyridine rings is 1. The van der Waals surface area contributed by atoms with Crippen molar-refractivity contribution in [2.24, 2.45) is 11.8 Å². The molecule has 56 heavy (non-hydrogen) atoms. The van der Waals surface area contributed by atoms with Gasteiger partial charge in [0.25, 0.3) is 0 Å². The van der Waals surface area contributed by atoms with E-state index in [1.54, 1.807) is 39.3 Å². The lowest BCUT2D eigenvalue weighted by molar-refractivity contribution is -0.129. The highest BCUT2D eigenvalue weighted by molar-refractivity contribution is 7.83. The molecule has 4 heterocycles. The van der Waals surface area contributed by atoms with E-state index in [-0.39, 0.29) is 23.2 Å². The van der Waals surface area contributed by atoms with E-state index < -0.39 is 11.0 Å². The Bertz CT molecular complexity index is 2210. The molecule has 0 spiro atoms. The van der Waals surface area contributed by atoms with Gasteiger partial charge in [-0.25, -0.2) is 4.21 Å². The number of carbonyl (C=O) groups is 3. The molecule has 11 nitrogen and oxygen atoms in total. The number of ether oxygens (including phenoxy) is 1. The third-order valence-corrected chi connectivity index (χ3v) is 11.3. The van der Waals surface area contributed by atoms with Crippen LogP contribution in [0.4, 0.5) is 0 Å². The predicted octanol–water partition coefficient (Wildman–Crippen LogP) is 7.20. The van der Waals surface area contributed by atoms with Gasteiger partial charge in [-0.15, -0.1) is 0 Å². The highest BCUT2D eigenvalue weighted by atomic mass is 32.2. The maximum absolute atomic E-state index is 12.6. The first-order valence-electron chi connectivity index (χ1n) is 19.3. The molecule has 296 valence electrons. The second kappa shape index (κ2) is 20.4. The number of para-hydroxylation sites is 1. The molecule has 3 amide bonds. The van der Waals surface area contributed by atoms with Gasteiger partial charge in [0.2, 0.25) is 18.2 Å². The highest BCUT2D eigenvalue weighted by Crippen LogP contribution is 2.40. The molecule has 2 bridgehead atoms. The molecule has 1 aliphatic carbocycles. The number of aromatic nitrogens is 2. The van der Waals surface area contributed by atoms with Gasteiger partial charge in [-0.1, -0.05) is 61.0 Å². The summed E-state index contributed by atoms with van der Waals surface area (Å²) < 4.78 is 20.5. The zero-order valence-corrected chi connectivity index (χ0v) is 33.5. The van der Waals surface area contributed by atoms with Gasteiger partial charge in [0.1, 0.15) is 5.75 Å². The van der Waals surface area contributed by atoms with Gasteiger partial charge in [0.05, 0.1) is 23.0 Å². The Kier molecular flexibility index (Phi) is 15.2. The molecular weight excluding hydrogens is 727 g/mol. The number of benzene rings is 3. The van der Waals surface area contributed by atoms with E-state index in [2.05, 4.69) is 45.1 Å². The number of fused-ring (bicyclic) bond motifs is 3. The van der Waals surface area contributed by atoms with Gasteiger partial charge in [0, 0.05) is 66.8 Å². The SMILES string of the molecule is CC(=O)N1CCC[C@H]1C.CNC=O.COc1ccc2c(=O)cc(-c3ccccc3)[nH]c2c1.O=C1NS(=O)c2cccc3cc([nH]c23)CCCCC/C=C\[C@@H]2C[C@H]12. The van der Waals surface area contributed by atoms with E-state index >= 15 is 0 Å². The van der Waals surface area contributed by atoms with Crippen LogP contribution in [0.5, 0.6) is 5.75 Å². The molecule has 1 unspecified atom stereocenters. The molecule has 1 saturated heterocycles. The minimum absolute atomic E-state index is 0.00950. The fourth-order valence-electron chi connectivity index (χ4n) is 6.98. The summed E-state index contributed by atoms with van der Waals surface area (Å²) in [4.78, 5) is 53.5. The first kappa shape index (κ1) is 41.7. The summed E-state index contributed by atoms with van der Waals surface area (Å²) in [5.74, 6) is 1.16. The Balaban J connectivity index is 0.000000166. The molecule has 3 aliphatic rings. The van der Waals surface area contributed by atoms with Crippen molar-refractivity contribution in [1.29, 1.82) is 0 Å². The second-order valence-corrected chi connectivity index (χ2v) is 15.4. The van der Waals surface area contributed by atoms with Crippen molar-refractivity contribution in [1.82, 2.24) is 24.9 Å². The minimum Gasteiger partial charge on any atom is -0.497 e. The summed E-state index contributed by atoms with van der Waals surface area (Å²) in [6.45, 7) is 4.72. The van der Waals surface area contributed by atoms with Crippen molar-refractivity contribution in [3.63, 3.8) is 0 Å². The van der Waals surface area contributed by atoms with E-state index in [4.69, 9.17) is 9.53 Å². The average molecular weight is 780 g/mol. The van der Waals surface area contributed by atoms with E-state index in [1.165, 1.54) is 31.4 Å². The lowest BCUT2D eigenvalue weighted by atomic mass is 10.1. The van der Waals surface area contributed by atoms with Crippen LogP contribution in [0.3, 0.4) is 0 Å². The topological polar surface area (TPSA) is 153 Å². The molecular formula is C44H53N5O6S. The number of aromatic amines is 2. The average Bonchev–Trinajstić information content (AvgIpc) is 3.65. The first-order chi connectivity index (χ1) is 27.1. The number of rotatable bonds is 3. The van der Waals surface area contributed by atoms with E-state index in [0.29, 0.717) is 28.7 Å². The zero-order chi connectivity index (χ0) is 40.0. The summed E-state index contributed by atoms with van der Waals surface area (Å²) in [6.07, 6.45) is 13.8. The number of carbonyl (C=O) groups excluding carboxylic acids is 3. The molecule has 2 aliphatic heterocycles. The van der Waals surface area contributed by atoms with Gasteiger partial charge in [-0.3, -0.25) is 23.9 Å². The molecule has 8 rings (SSSR count). The third-order valence-electron chi connectivity index (χ3n) is 10.1. The molecule has 2 fully saturated rings. The number of methoxy groups -OCH3 is 1. The summed E-state index contributed by atoms with van der Waals surface area (Å²) >= 11 is 0. The number of H-pyrrole nitrogens is 2. The number of allylic oxidation sites excluding steroid dienone is 2. The maximum atomic E-state index is 12.6. The number of aryl methyl sites for hydroxylation is 1. The molecule has 2 aromatic heterocycles. The van der Waals surface area contributed by atoms with Gasteiger partial charge in [-0.2, -0.15) is 0 Å². The lowest BCUT2D eigenvalue weighted by Crippen LogP contribution is -2.31. The van der Waals surface area contributed by atoms with Crippen molar-refractivity contribution in [2.45, 2.75) is 76.2 Å². The molecule has 0 radical (unpaired) electrons. The summed E-state index contributed by atoms with van der Waals surface area (Å²) in [5, 5.41) is 3.97. The van der Waals surface area contributed by atoms with Gasteiger partial charge in [-0.05, 0) is 87.6 Å². The van der Waals surface area contributed by atoms with Crippen LogP contribution in [0.1, 0.15) is 64.5 Å². The van der Waals surface area contributed by atoms with Crippen LogP contribution in [0.2, 0.25) is 0 Å². The van der Waals surface area contributed by atoms with E-state index in [9.17, 15) is 18.6 Å². The quantitative estimate of drug-likeness (QED) is 0.112. The Morgan fingerprint density at radius 2 is 1.75 bits per heavy atom. The number of amides is 3. The number of likely N-dealkylation sites (tertiary alicyclic amines) is 1. The maximum Gasteiger partial charge on any atom is 0.235 e. The predicted molar refractivity (Wildman–Crippen MR) is 224 cm³/mol. The van der Waals surface area contributed by atoms with Crippen LogP contribution in [-0.4, -0.2) is 64.0 Å². The number of nitrogens with one attached hydrogen (secondary N) is 4. The first-order valence-corrected chi connectivity index (χ1v) is 20.4. The smallest absolute Gasteiger partial charge is 0.235 e. The lowest BCUT2D eigenvalue weighted by Gasteiger charge is -2.18. The van der Waals surface area contributed by atoms with Gasteiger partial charge in [0.15, 0.2) is 16.4 Å². The number of hydrogen-bond acceptors (Lipinski definition) is 6. The fraction of sp³-hybridized carbons (Fsp3) is 0.364. The van der Waals surface area contributed by atoms with Crippen LogP contribution < -0.4 is 20.2 Å². The zero-order valence-electron chi connectivity index (χ0n) is 32.6. The monoisotopic (exact) mass is 779 g/mol. The van der Waals surface area contributed by atoms with Crippen LogP contribution in [0, 0.1) is 11.8 Å². The molecule has 4 atom stereocenters. The number of hydrogen-bond donors (Lipinski definition) is 4. The van der Waals surface area contributed by atoms with Crippen molar-refractivity contribution >= 4 is 51.0 Å². The Hall–Kier alpha value is -5.49. The van der Waals surface area contributed by atoms with Crippen molar-refractivity contribution in [2.75, 3.05) is 20.7 Å². The minimum atomic E-state index is -1.52. The van der Waals surface area contributed by atoms with E-state index in [1.807, 2.05) is 59.5 Å². The summed E-state index contributed by atoms with van der Waals surface area (Å²) in [7, 11) is 1.65. The van der Waals surface area contributed by atoms with Crippen molar-refractivity contribution in [3.05, 3.63) is 107 Å². The Labute approximate surface area is 330 Å². The third kappa shape index (κ3) is 11.3. The standard InChI is InChI=1S/C19H22N2O2S.C16H13NO2.C7H13NO.C2H5NO/c22-19-16-12-13(16)7-4-2-1-3-5-9-15-11-14-8-6-10-17(18(14)20-15)24(23)21-19;1-19-12-7-8-13-15(9-12)17-14(10-16(13)18)11-5-3-2-4-6-11;1-6-4-3-5-8(6)7(2)9;1-3-2-4/h4,6-8,10-11,13,16,20H,1-3,5,9,12H2,(H,21,22);2-10H,1H3,(H,17,18);6H,3-5H2,1-2H3;2H,1H3,(H,3,4)/b7-4-;;;/t13-,16+,24?;;6-;/m1.1./s1. The Morgan fingerprint density at radius 1 is 0.964 bits per heavy atom. The summed E-state index contributed by atoms with van der Waals surface area (Å²) in [6, 6.07) is 25.2. The fourth-order valence-corrected chi connectivity index (χ4v) is 7.99. The van der Waals surface area contributed by atoms with E-state index in [0.717, 1.165) is 65.7 Å². The molecule has 3 aromatic carbocycles. The largest absolute Gasteiger partial charge is 0.497 e. The Morgan fingerprint density at radius 3 is 2.43 bits per heavy atom. The summed E-state index contributed by atoms with van der Waals surface area (Å²) in [5.41, 5.74) is 4.65. The number of nitrogens with zero attached hydrogens (tertiary/aromatic N) is 1. The second-order valence-electron chi connectivity index (χ2n) is 14.2. The highest BCUT2D eigenvalue weighted by Gasteiger charge is 2.41. The van der Waals surface area contributed by atoms with Crippen LogP contribution in [0.25, 0.3) is 33.1 Å². The normalized spacial score (nSPS) is 20.8. The van der Waals surface area contributed by atoms with Crippen LogP contribution >= 0.6 is 0 Å². The van der Waals surface area contributed by atoms with Crippen LogP contribution in [-0.2, 0) is 31.8 Å². The van der Waals surface area contributed by atoms with Gasteiger partial charge < -0.3 is 24.9 Å². The van der Waals surface area contributed by atoms with Crippen LogP contribution in [0.15, 0.2) is 101 Å². The van der Waals surface area contributed by atoms with Crippen molar-refractivity contribution in [3.8, 4) is 17.0 Å². The molecule has 5 aromatic rings.